The lowest BCUT2D eigenvalue weighted by molar-refractivity contribution is 0.220. The molecule has 0 radical (unpaired) electrons. The Labute approximate surface area is 71.4 Å². The molecule has 0 aliphatic heterocycles. The van der Waals surface area contributed by atoms with Gasteiger partial charge < -0.3 is 4.74 Å². The second-order valence-electron chi connectivity index (χ2n) is 3.06. The van der Waals surface area contributed by atoms with Gasteiger partial charge in [0.25, 0.3) is 0 Å². The van der Waals surface area contributed by atoms with Crippen molar-refractivity contribution in [2.24, 2.45) is 0 Å². The summed E-state index contributed by atoms with van der Waals surface area (Å²) in [5.74, 6) is 0.443. The highest BCUT2D eigenvalue weighted by molar-refractivity contribution is 5.24. The third-order valence-electron chi connectivity index (χ3n) is 1.63. The molecule has 1 aromatic heterocycles. The van der Waals surface area contributed by atoms with Gasteiger partial charge in [0, 0.05) is 12.3 Å². The predicted molar refractivity (Wildman–Crippen MR) is 44.9 cm³/mol. The minimum Gasteiger partial charge on any atom is -0.481 e. The number of halogens is 1. The summed E-state index contributed by atoms with van der Waals surface area (Å²) in [5.41, 5.74) is -0.759. The molecular formula is C9H12FNO. The van der Waals surface area contributed by atoms with Crippen molar-refractivity contribution in [1.29, 1.82) is 0 Å². The van der Waals surface area contributed by atoms with Crippen molar-refractivity contribution in [2.75, 3.05) is 7.11 Å². The summed E-state index contributed by atoms with van der Waals surface area (Å²) in [6, 6.07) is 3.24. The summed E-state index contributed by atoms with van der Waals surface area (Å²) in [6.45, 7) is 3.00. The number of hydrogen-bond donors (Lipinski definition) is 0. The molecule has 0 amide bonds. The van der Waals surface area contributed by atoms with Crippen molar-refractivity contribution in [2.45, 2.75) is 19.5 Å². The summed E-state index contributed by atoms with van der Waals surface area (Å²) >= 11 is 0. The first kappa shape index (κ1) is 8.97. The minimum atomic E-state index is -1.34. The molecule has 0 aromatic carbocycles. The Balaban J connectivity index is 3.02. The van der Waals surface area contributed by atoms with E-state index in [1.54, 1.807) is 12.1 Å². The van der Waals surface area contributed by atoms with Gasteiger partial charge in [-0.25, -0.2) is 9.37 Å². The van der Waals surface area contributed by atoms with Crippen LogP contribution in [0.2, 0.25) is 0 Å². The van der Waals surface area contributed by atoms with Crippen LogP contribution in [0, 0.1) is 0 Å². The van der Waals surface area contributed by atoms with Crippen molar-refractivity contribution >= 4 is 0 Å². The molecule has 0 spiro atoms. The first-order valence-corrected chi connectivity index (χ1v) is 3.73. The topological polar surface area (TPSA) is 22.1 Å². The van der Waals surface area contributed by atoms with E-state index in [-0.39, 0.29) is 0 Å². The van der Waals surface area contributed by atoms with Gasteiger partial charge in [-0.1, -0.05) is 0 Å². The summed E-state index contributed by atoms with van der Waals surface area (Å²) in [4.78, 5) is 3.88. The SMILES string of the molecule is COc1cc(C(C)(C)F)ccn1. The maximum atomic E-state index is 13.4. The molecule has 1 aromatic rings. The lowest BCUT2D eigenvalue weighted by Crippen LogP contribution is -2.09. The fourth-order valence-corrected chi connectivity index (χ4v) is 0.891. The molecule has 66 valence electrons. The Morgan fingerprint density at radius 3 is 2.67 bits per heavy atom. The van der Waals surface area contributed by atoms with Gasteiger partial charge in [0.05, 0.1) is 7.11 Å². The largest absolute Gasteiger partial charge is 0.481 e. The number of alkyl halides is 1. The van der Waals surface area contributed by atoms with Gasteiger partial charge in [0.1, 0.15) is 5.67 Å². The predicted octanol–water partition coefficient (Wildman–Crippen LogP) is 2.29. The second-order valence-corrected chi connectivity index (χ2v) is 3.06. The van der Waals surface area contributed by atoms with Crippen LogP contribution in [-0.2, 0) is 5.67 Å². The van der Waals surface area contributed by atoms with Gasteiger partial charge in [-0.2, -0.15) is 0 Å². The van der Waals surface area contributed by atoms with Crippen LogP contribution in [-0.4, -0.2) is 12.1 Å². The zero-order valence-electron chi connectivity index (χ0n) is 7.47. The molecule has 1 rings (SSSR count). The lowest BCUT2D eigenvalue weighted by Gasteiger charge is -2.14. The first-order chi connectivity index (χ1) is 5.54. The van der Waals surface area contributed by atoms with Crippen molar-refractivity contribution in [3.63, 3.8) is 0 Å². The Hall–Kier alpha value is -1.12. The highest BCUT2D eigenvalue weighted by Crippen LogP contribution is 2.25. The van der Waals surface area contributed by atoms with Gasteiger partial charge in [0.2, 0.25) is 5.88 Å². The van der Waals surface area contributed by atoms with Gasteiger partial charge in [-0.15, -0.1) is 0 Å². The van der Waals surface area contributed by atoms with Crippen molar-refractivity contribution < 1.29 is 9.13 Å². The number of nitrogens with zero attached hydrogens (tertiary/aromatic N) is 1. The van der Waals surface area contributed by atoms with E-state index < -0.39 is 5.67 Å². The molecule has 0 atom stereocenters. The van der Waals surface area contributed by atoms with E-state index in [2.05, 4.69) is 4.98 Å². The molecule has 0 aliphatic rings. The van der Waals surface area contributed by atoms with Crippen LogP contribution in [0.1, 0.15) is 19.4 Å². The number of ether oxygens (including phenoxy) is 1. The number of methoxy groups -OCH3 is 1. The molecule has 0 bridgehead atoms. The van der Waals surface area contributed by atoms with Crippen LogP contribution in [0.4, 0.5) is 4.39 Å². The Morgan fingerprint density at radius 1 is 1.50 bits per heavy atom. The molecule has 12 heavy (non-hydrogen) atoms. The molecule has 0 saturated carbocycles. The standard InChI is InChI=1S/C9H12FNO/c1-9(2,10)7-4-5-11-8(6-7)12-3/h4-6H,1-3H3. The van der Waals surface area contributed by atoms with E-state index >= 15 is 0 Å². The molecule has 1 heterocycles. The van der Waals surface area contributed by atoms with Crippen LogP contribution in [0.15, 0.2) is 18.3 Å². The number of hydrogen-bond acceptors (Lipinski definition) is 2. The smallest absolute Gasteiger partial charge is 0.213 e. The average molecular weight is 169 g/mol. The highest BCUT2D eigenvalue weighted by Gasteiger charge is 2.18. The van der Waals surface area contributed by atoms with E-state index in [9.17, 15) is 4.39 Å². The third-order valence-corrected chi connectivity index (χ3v) is 1.63. The van der Waals surface area contributed by atoms with E-state index in [4.69, 9.17) is 4.74 Å². The van der Waals surface area contributed by atoms with Crippen LogP contribution in [0.5, 0.6) is 5.88 Å². The molecule has 0 aliphatic carbocycles. The van der Waals surface area contributed by atoms with Gasteiger partial charge in [-0.3, -0.25) is 0 Å². The van der Waals surface area contributed by atoms with Crippen molar-refractivity contribution in [3.8, 4) is 5.88 Å². The van der Waals surface area contributed by atoms with E-state index in [0.717, 1.165) is 0 Å². The third kappa shape index (κ3) is 1.94. The molecule has 0 fully saturated rings. The van der Waals surface area contributed by atoms with Crippen LogP contribution < -0.4 is 4.74 Å². The van der Waals surface area contributed by atoms with Gasteiger partial charge in [0.15, 0.2) is 0 Å². The van der Waals surface area contributed by atoms with E-state index in [1.165, 1.54) is 27.2 Å². The van der Waals surface area contributed by atoms with Crippen molar-refractivity contribution in [3.05, 3.63) is 23.9 Å². The fraction of sp³-hybridized carbons (Fsp3) is 0.444. The maximum Gasteiger partial charge on any atom is 0.213 e. The summed E-state index contributed by atoms with van der Waals surface area (Å²) < 4.78 is 18.2. The molecule has 3 heteroatoms. The summed E-state index contributed by atoms with van der Waals surface area (Å²) in [5, 5.41) is 0. The maximum absolute atomic E-state index is 13.4. The quantitative estimate of drug-likeness (QED) is 0.677. The zero-order chi connectivity index (χ0) is 9.19. The molecule has 2 nitrogen and oxygen atoms in total. The molecular weight excluding hydrogens is 157 g/mol. The van der Waals surface area contributed by atoms with Gasteiger partial charge in [-0.05, 0) is 25.5 Å². The molecule has 0 N–H and O–H groups in total. The van der Waals surface area contributed by atoms with Crippen LogP contribution in [0.3, 0.4) is 0 Å². The van der Waals surface area contributed by atoms with Crippen LogP contribution in [0.25, 0.3) is 0 Å². The van der Waals surface area contributed by atoms with E-state index in [0.29, 0.717) is 11.4 Å². The Kier molecular flexibility index (Phi) is 2.31. The summed E-state index contributed by atoms with van der Waals surface area (Å²) in [6.07, 6.45) is 1.54. The second kappa shape index (κ2) is 3.09. The van der Waals surface area contributed by atoms with E-state index in [1.807, 2.05) is 0 Å². The number of rotatable bonds is 2. The molecule has 0 saturated heterocycles. The molecule has 0 unspecified atom stereocenters. The first-order valence-electron chi connectivity index (χ1n) is 3.73. The summed E-state index contributed by atoms with van der Waals surface area (Å²) in [7, 11) is 1.51. The number of aromatic nitrogens is 1. The average Bonchev–Trinajstić information content (AvgIpc) is 2.03. The van der Waals surface area contributed by atoms with Crippen molar-refractivity contribution in [1.82, 2.24) is 4.98 Å². The minimum absolute atomic E-state index is 0.443. The fourth-order valence-electron chi connectivity index (χ4n) is 0.891. The zero-order valence-corrected chi connectivity index (χ0v) is 7.47. The number of pyridine rings is 1. The Morgan fingerprint density at radius 2 is 2.17 bits per heavy atom. The van der Waals surface area contributed by atoms with Gasteiger partial charge >= 0.3 is 0 Å². The van der Waals surface area contributed by atoms with Crippen LogP contribution >= 0.6 is 0 Å². The highest BCUT2D eigenvalue weighted by atomic mass is 19.1. The lowest BCUT2D eigenvalue weighted by atomic mass is 10.0. The Bertz CT molecular complexity index is 267. The monoisotopic (exact) mass is 169 g/mol. The normalized spacial score (nSPS) is 11.3.